The van der Waals surface area contributed by atoms with E-state index in [2.05, 4.69) is 52.5 Å². The zero-order valence-electron chi connectivity index (χ0n) is 12.9. The van der Waals surface area contributed by atoms with Gasteiger partial charge in [-0.15, -0.1) is 11.3 Å². The van der Waals surface area contributed by atoms with Crippen molar-refractivity contribution in [1.82, 2.24) is 14.9 Å². The molecule has 1 aliphatic rings. The Bertz CT molecular complexity index is 620. The third-order valence-electron chi connectivity index (χ3n) is 3.78. The normalized spacial score (nSPS) is 14.9. The number of aromatic nitrogens is 2. The molecule has 0 bridgehead atoms. The fraction of sp³-hybridized carbons (Fsp3) is 0.600. The molecule has 6 heteroatoms. The van der Waals surface area contributed by atoms with Crippen LogP contribution < -0.4 is 10.6 Å². The van der Waals surface area contributed by atoms with Crippen molar-refractivity contribution in [2.75, 3.05) is 37.3 Å². The first-order chi connectivity index (χ1) is 10.2. The van der Waals surface area contributed by atoms with Crippen LogP contribution in [0.5, 0.6) is 0 Å². The molecule has 2 aromatic rings. The Morgan fingerprint density at radius 1 is 1.33 bits per heavy atom. The summed E-state index contributed by atoms with van der Waals surface area (Å²) < 4.78 is 0. The number of nitrogens with one attached hydrogen (secondary N) is 2. The molecule has 3 rings (SSSR count). The molecule has 1 aliphatic carbocycles. The number of hydrogen-bond donors (Lipinski definition) is 2. The van der Waals surface area contributed by atoms with Gasteiger partial charge in [-0.3, -0.25) is 0 Å². The van der Waals surface area contributed by atoms with Gasteiger partial charge in [-0.1, -0.05) is 0 Å². The predicted molar refractivity (Wildman–Crippen MR) is 90.5 cm³/mol. The number of rotatable bonds is 7. The van der Waals surface area contributed by atoms with Crippen LogP contribution in [0.15, 0.2) is 6.07 Å². The number of likely N-dealkylation sites (N-methyl/N-ethyl adjacent to an activating group) is 1. The average molecular weight is 305 g/mol. The topological polar surface area (TPSA) is 53.1 Å². The smallest absolute Gasteiger partial charge is 0.226 e. The molecule has 0 aromatic carbocycles. The molecular formula is C15H23N5S. The zero-order valence-corrected chi connectivity index (χ0v) is 13.8. The Morgan fingerprint density at radius 2 is 2.14 bits per heavy atom. The van der Waals surface area contributed by atoms with Crippen LogP contribution in [0.1, 0.15) is 24.6 Å². The van der Waals surface area contributed by atoms with Crippen LogP contribution >= 0.6 is 11.3 Å². The van der Waals surface area contributed by atoms with Gasteiger partial charge in [-0.2, -0.15) is 4.98 Å². The maximum Gasteiger partial charge on any atom is 0.226 e. The zero-order chi connectivity index (χ0) is 14.8. The van der Waals surface area contributed by atoms with Crippen molar-refractivity contribution in [2.24, 2.45) is 0 Å². The summed E-state index contributed by atoms with van der Waals surface area (Å²) in [4.78, 5) is 13.9. The molecule has 0 unspecified atom stereocenters. The van der Waals surface area contributed by atoms with Crippen molar-refractivity contribution < 1.29 is 0 Å². The average Bonchev–Trinajstić information content (AvgIpc) is 3.21. The Labute approximate surface area is 129 Å². The van der Waals surface area contributed by atoms with E-state index in [0.29, 0.717) is 5.95 Å². The van der Waals surface area contributed by atoms with E-state index in [9.17, 15) is 0 Å². The maximum atomic E-state index is 4.62. The maximum absolute atomic E-state index is 4.62. The van der Waals surface area contributed by atoms with E-state index in [-0.39, 0.29) is 0 Å². The van der Waals surface area contributed by atoms with Gasteiger partial charge >= 0.3 is 0 Å². The van der Waals surface area contributed by atoms with Gasteiger partial charge in [0, 0.05) is 30.6 Å². The third-order valence-corrected chi connectivity index (χ3v) is 4.72. The van der Waals surface area contributed by atoms with E-state index in [1.165, 1.54) is 17.7 Å². The Balaban J connectivity index is 1.74. The molecular weight excluding hydrogens is 282 g/mol. The van der Waals surface area contributed by atoms with E-state index in [1.54, 1.807) is 11.3 Å². The highest BCUT2D eigenvalue weighted by Gasteiger charge is 2.25. The summed E-state index contributed by atoms with van der Waals surface area (Å²) in [6.07, 6.45) is 2.70. The molecule has 2 heterocycles. The van der Waals surface area contributed by atoms with Crippen LogP contribution in [0.2, 0.25) is 0 Å². The lowest BCUT2D eigenvalue weighted by molar-refractivity contribution is 0.337. The van der Waals surface area contributed by atoms with E-state index < -0.39 is 0 Å². The molecule has 2 aromatic heterocycles. The fourth-order valence-corrected chi connectivity index (χ4v) is 3.34. The number of hydrogen-bond acceptors (Lipinski definition) is 6. The number of thiophene rings is 1. The summed E-state index contributed by atoms with van der Waals surface area (Å²) in [5.74, 6) is 1.66. The molecule has 0 atom stereocenters. The highest BCUT2D eigenvalue weighted by Crippen LogP contribution is 2.29. The van der Waals surface area contributed by atoms with E-state index in [4.69, 9.17) is 0 Å². The minimum atomic E-state index is 0.713. The summed E-state index contributed by atoms with van der Waals surface area (Å²) in [6.45, 7) is 6.98. The van der Waals surface area contributed by atoms with Crippen molar-refractivity contribution >= 4 is 33.3 Å². The quantitative estimate of drug-likeness (QED) is 0.824. The lowest BCUT2D eigenvalue weighted by Crippen LogP contribution is -2.27. The van der Waals surface area contributed by atoms with Crippen LogP contribution in [0.4, 0.5) is 11.8 Å². The van der Waals surface area contributed by atoms with Gasteiger partial charge in [0.25, 0.3) is 0 Å². The van der Waals surface area contributed by atoms with Gasteiger partial charge < -0.3 is 15.5 Å². The van der Waals surface area contributed by atoms with Crippen LogP contribution in [-0.2, 0) is 0 Å². The Morgan fingerprint density at radius 3 is 2.86 bits per heavy atom. The second kappa shape index (κ2) is 6.15. The van der Waals surface area contributed by atoms with Gasteiger partial charge in [0.2, 0.25) is 5.95 Å². The van der Waals surface area contributed by atoms with Crippen molar-refractivity contribution in [3.8, 4) is 0 Å². The van der Waals surface area contributed by atoms with Crippen molar-refractivity contribution in [1.29, 1.82) is 0 Å². The first-order valence-corrected chi connectivity index (χ1v) is 8.45. The second-order valence-corrected chi connectivity index (χ2v) is 6.88. The molecule has 114 valence electrons. The first-order valence-electron chi connectivity index (χ1n) is 7.63. The monoisotopic (exact) mass is 305 g/mol. The Hall–Kier alpha value is -1.40. The van der Waals surface area contributed by atoms with Gasteiger partial charge in [0.15, 0.2) is 0 Å². The summed E-state index contributed by atoms with van der Waals surface area (Å²) in [5, 5.41) is 7.83. The molecule has 0 aliphatic heterocycles. The van der Waals surface area contributed by atoms with Crippen molar-refractivity contribution in [2.45, 2.75) is 32.7 Å². The van der Waals surface area contributed by atoms with Crippen LogP contribution in [0.25, 0.3) is 10.2 Å². The highest BCUT2D eigenvalue weighted by atomic mass is 32.1. The summed E-state index contributed by atoms with van der Waals surface area (Å²) in [5.41, 5.74) is 0. The standard InChI is InChI=1S/C15H23N5S/c1-4-16-15-18-13(12-9-10(2)21-14(12)19-15)17-7-8-20(3)11-5-6-11/h9,11H,4-8H2,1-3H3,(H2,16,17,18,19). The van der Waals surface area contributed by atoms with Crippen LogP contribution in [-0.4, -0.2) is 47.6 Å². The lowest BCUT2D eigenvalue weighted by atomic mass is 10.3. The minimum Gasteiger partial charge on any atom is -0.368 e. The molecule has 1 fully saturated rings. The summed E-state index contributed by atoms with van der Waals surface area (Å²) in [7, 11) is 2.20. The molecule has 2 N–H and O–H groups in total. The van der Waals surface area contributed by atoms with Gasteiger partial charge in [-0.25, -0.2) is 4.98 Å². The minimum absolute atomic E-state index is 0.713. The Kier molecular flexibility index (Phi) is 4.26. The first kappa shape index (κ1) is 14.5. The summed E-state index contributed by atoms with van der Waals surface area (Å²) >= 11 is 1.72. The van der Waals surface area contributed by atoms with E-state index in [1.807, 2.05) is 0 Å². The number of nitrogens with zero attached hydrogens (tertiary/aromatic N) is 3. The number of anilines is 2. The molecule has 21 heavy (non-hydrogen) atoms. The number of aryl methyl sites for hydroxylation is 1. The SMILES string of the molecule is CCNc1nc(NCCN(C)C2CC2)c2cc(C)sc2n1. The van der Waals surface area contributed by atoms with Crippen LogP contribution in [0.3, 0.4) is 0 Å². The van der Waals surface area contributed by atoms with Gasteiger partial charge in [0.05, 0.1) is 5.39 Å². The summed E-state index contributed by atoms with van der Waals surface area (Å²) in [6, 6.07) is 2.97. The van der Waals surface area contributed by atoms with Crippen molar-refractivity contribution in [3.63, 3.8) is 0 Å². The predicted octanol–water partition coefficient (Wildman–Crippen LogP) is 2.94. The molecule has 0 saturated heterocycles. The van der Waals surface area contributed by atoms with Crippen LogP contribution in [0, 0.1) is 6.92 Å². The molecule has 0 amide bonds. The molecule has 0 radical (unpaired) electrons. The fourth-order valence-electron chi connectivity index (χ4n) is 2.46. The molecule has 5 nitrogen and oxygen atoms in total. The molecule has 0 spiro atoms. The number of fused-ring (bicyclic) bond motifs is 1. The molecule has 1 saturated carbocycles. The van der Waals surface area contributed by atoms with Crippen molar-refractivity contribution in [3.05, 3.63) is 10.9 Å². The van der Waals surface area contributed by atoms with E-state index in [0.717, 1.165) is 41.7 Å². The highest BCUT2D eigenvalue weighted by molar-refractivity contribution is 7.18. The third kappa shape index (κ3) is 3.44. The van der Waals surface area contributed by atoms with Gasteiger partial charge in [0.1, 0.15) is 10.6 Å². The lowest BCUT2D eigenvalue weighted by Gasteiger charge is -2.16. The largest absolute Gasteiger partial charge is 0.368 e. The second-order valence-electron chi connectivity index (χ2n) is 5.64. The van der Waals surface area contributed by atoms with E-state index >= 15 is 0 Å². The van der Waals surface area contributed by atoms with Gasteiger partial charge in [-0.05, 0) is 39.8 Å².